The van der Waals surface area contributed by atoms with Crippen molar-refractivity contribution in [1.82, 2.24) is 0 Å². The molecule has 0 saturated carbocycles. The van der Waals surface area contributed by atoms with Gasteiger partial charge >= 0.3 is 5.97 Å². The molecule has 0 spiro atoms. The molecular weight excluding hydrogens is 356 g/mol. The zero-order chi connectivity index (χ0) is 20.2. The quantitative estimate of drug-likeness (QED) is 0.104. The fourth-order valence-corrected chi connectivity index (χ4v) is 3.37. The molecule has 0 aliphatic carbocycles. The Morgan fingerprint density at radius 3 is 1.56 bits per heavy atom. The van der Waals surface area contributed by atoms with Crippen molar-refractivity contribution in [2.45, 2.75) is 116 Å². The second-order valence-electron chi connectivity index (χ2n) is 7.66. The molecule has 0 saturated heterocycles. The van der Waals surface area contributed by atoms with Crippen LogP contribution in [-0.4, -0.2) is 29.5 Å². The van der Waals surface area contributed by atoms with Crippen LogP contribution in [0.15, 0.2) is 12.2 Å². The lowest BCUT2D eigenvalue weighted by Gasteiger charge is -2.10. The maximum atomic E-state index is 11.6. The van der Waals surface area contributed by atoms with Crippen molar-refractivity contribution in [2.24, 2.45) is 0 Å². The predicted octanol–water partition coefficient (Wildman–Crippen LogP) is 6.64. The standard InChI is InChI=1S/C23H44O3S/c1-3-4-5-6-7-8-9-10-11-12-13-14-15-16-17-18-19-26-23(25)21(2)22(24)20-27/h22,24,27H,2-20H2,1H3. The summed E-state index contributed by atoms with van der Waals surface area (Å²) in [6.07, 6.45) is 20.3. The average molecular weight is 401 g/mol. The van der Waals surface area contributed by atoms with Crippen LogP contribution in [-0.2, 0) is 9.53 Å². The van der Waals surface area contributed by atoms with E-state index in [4.69, 9.17) is 4.74 Å². The summed E-state index contributed by atoms with van der Waals surface area (Å²) in [5.74, 6) is -0.315. The van der Waals surface area contributed by atoms with Gasteiger partial charge in [0.1, 0.15) is 0 Å². The van der Waals surface area contributed by atoms with Crippen LogP contribution in [0.4, 0.5) is 0 Å². The first-order chi connectivity index (χ1) is 13.1. The number of carbonyl (C=O) groups is 1. The molecule has 0 bridgehead atoms. The number of ether oxygens (including phenoxy) is 1. The van der Waals surface area contributed by atoms with Gasteiger partial charge in [-0.25, -0.2) is 4.79 Å². The van der Waals surface area contributed by atoms with Crippen LogP contribution in [0.1, 0.15) is 110 Å². The summed E-state index contributed by atoms with van der Waals surface area (Å²) in [6.45, 7) is 6.23. The van der Waals surface area contributed by atoms with Crippen LogP contribution < -0.4 is 0 Å². The van der Waals surface area contributed by atoms with E-state index < -0.39 is 12.1 Å². The summed E-state index contributed by atoms with van der Waals surface area (Å²) in [4.78, 5) is 11.6. The molecule has 0 aliphatic rings. The molecule has 0 fully saturated rings. The molecule has 0 aliphatic heterocycles. The molecule has 0 heterocycles. The highest BCUT2D eigenvalue weighted by Crippen LogP contribution is 2.14. The number of hydrogen-bond acceptors (Lipinski definition) is 4. The van der Waals surface area contributed by atoms with Crippen LogP contribution in [0.25, 0.3) is 0 Å². The van der Waals surface area contributed by atoms with E-state index in [2.05, 4.69) is 26.1 Å². The maximum Gasteiger partial charge on any atom is 0.336 e. The Kier molecular flexibility index (Phi) is 19.9. The molecule has 1 atom stereocenters. The van der Waals surface area contributed by atoms with Gasteiger partial charge in [-0.05, 0) is 6.42 Å². The lowest BCUT2D eigenvalue weighted by atomic mass is 10.0. The summed E-state index contributed by atoms with van der Waals surface area (Å²) in [5.41, 5.74) is 0.0986. The first-order valence-electron chi connectivity index (χ1n) is 11.3. The molecule has 0 amide bonds. The average Bonchev–Trinajstić information content (AvgIpc) is 2.68. The summed E-state index contributed by atoms with van der Waals surface area (Å²) in [6, 6.07) is 0. The van der Waals surface area contributed by atoms with E-state index in [1.807, 2.05) is 0 Å². The number of aliphatic hydroxyl groups excluding tert-OH is 1. The SMILES string of the molecule is C=C(C(=O)OCCCCCCCCCCCCCCCCCC)C(O)CS. The highest BCUT2D eigenvalue weighted by Gasteiger charge is 2.15. The van der Waals surface area contributed by atoms with Gasteiger partial charge in [0.2, 0.25) is 0 Å². The molecule has 4 heteroatoms. The lowest BCUT2D eigenvalue weighted by Crippen LogP contribution is -2.21. The Hall–Kier alpha value is -0.480. The van der Waals surface area contributed by atoms with Gasteiger partial charge in [0.25, 0.3) is 0 Å². The molecule has 0 aromatic rings. The Bertz CT molecular complexity index is 358. The van der Waals surface area contributed by atoms with Gasteiger partial charge in [0, 0.05) is 5.75 Å². The zero-order valence-electron chi connectivity index (χ0n) is 17.7. The van der Waals surface area contributed by atoms with Crippen LogP contribution in [0, 0.1) is 0 Å². The van der Waals surface area contributed by atoms with E-state index in [0.717, 1.165) is 12.8 Å². The second-order valence-corrected chi connectivity index (χ2v) is 8.03. The molecular formula is C23H44O3S. The van der Waals surface area contributed by atoms with E-state index in [0.29, 0.717) is 6.61 Å². The van der Waals surface area contributed by atoms with Crippen molar-refractivity contribution in [3.8, 4) is 0 Å². The minimum Gasteiger partial charge on any atom is -0.462 e. The van der Waals surface area contributed by atoms with Gasteiger partial charge < -0.3 is 9.84 Å². The largest absolute Gasteiger partial charge is 0.462 e. The third-order valence-electron chi connectivity index (χ3n) is 5.07. The van der Waals surface area contributed by atoms with Gasteiger partial charge in [-0.2, -0.15) is 12.6 Å². The van der Waals surface area contributed by atoms with E-state index >= 15 is 0 Å². The van der Waals surface area contributed by atoms with Crippen LogP contribution in [0.3, 0.4) is 0 Å². The molecule has 0 aromatic heterocycles. The van der Waals surface area contributed by atoms with Crippen molar-refractivity contribution in [1.29, 1.82) is 0 Å². The fourth-order valence-electron chi connectivity index (χ4n) is 3.15. The highest BCUT2D eigenvalue weighted by molar-refractivity contribution is 7.80. The van der Waals surface area contributed by atoms with E-state index in [1.54, 1.807) is 0 Å². The van der Waals surface area contributed by atoms with Crippen LogP contribution in [0.2, 0.25) is 0 Å². The molecule has 0 rings (SSSR count). The Morgan fingerprint density at radius 2 is 1.19 bits per heavy atom. The van der Waals surface area contributed by atoms with Gasteiger partial charge in [-0.1, -0.05) is 110 Å². The van der Waals surface area contributed by atoms with Crippen molar-refractivity contribution in [3.63, 3.8) is 0 Å². The van der Waals surface area contributed by atoms with Crippen molar-refractivity contribution in [3.05, 3.63) is 12.2 Å². The number of aliphatic hydroxyl groups is 1. The fraction of sp³-hybridized carbons (Fsp3) is 0.870. The van der Waals surface area contributed by atoms with Crippen molar-refractivity contribution < 1.29 is 14.6 Å². The van der Waals surface area contributed by atoms with E-state index in [-0.39, 0.29) is 11.3 Å². The van der Waals surface area contributed by atoms with Crippen LogP contribution >= 0.6 is 12.6 Å². The molecule has 3 nitrogen and oxygen atoms in total. The molecule has 1 N–H and O–H groups in total. The summed E-state index contributed by atoms with van der Waals surface area (Å²) in [5, 5.41) is 9.46. The molecule has 0 radical (unpaired) electrons. The number of thiol groups is 1. The predicted molar refractivity (Wildman–Crippen MR) is 120 cm³/mol. The highest BCUT2D eigenvalue weighted by atomic mass is 32.1. The summed E-state index contributed by atoms with van der Waals surface area (Å²) in [7, 11) is 0. The minimum absolute atomic E-state index is 0.0986. The summed E-state index contributed by atoms with van der Waals surface area (Å²) < 4.78 is 5.11. The van der Waals surface area contributed by atoms with Crippen LogP contribution in [0.5, 0.6) is 0 Å². The number of esters is 1. The number of rotatable bonds is 20. The Morgan fingerprint density at radius 1 is 0.815 bits per heavy atom. The van der Waals surface area contributed by atoms with Gasteiger partial charge in [0.15, 0.2) is 0 Å². The molecule has 160 valence electrons. The number of hydrogen-bond donors (Lipinski definition) is 2. The normalized spacial score (nSPS) is 12.1. The summed E-state index contributed by atoms with van der Waals surface area (Å²) >= 11 is 3.94. The monoisotopic (exact) mass is 400 g/mol. The zero-order valence-corrected chi connectivity index (χ0v) is 18.6. The molecule has 1 unspecified atom stereocenters. The van der Waals surface area contributed by atoms with Gasteiger partial charge in [-0.15, -0.1) is 0 Å². The molecule has 27 heavy (non-hydrogen) atoms. The lowest BCUT2D eigenvalue weighted by molar-refractivity contribution is -0.140. The Balaban J connectivity index is 3.21. The van der Waals surface area contributed by atoms with E-state index in [1.165, 1.54) is 89.9 Å². The number of unbranched alkanes of at least 4 members (excludes halogenated alkanes) is 15. The Labute approximate surface area is 173 Å². The first-order valence-corrected chi connectivity index (χ1v) is 11.9. The third kappa shape index (κ3) is 17.4. The second kappa shape index (κ2) is 20.3. The van der Waals surface area contributed by atoms with Crippen molar-refractivity contribution >= 4 is 18.6 Å². The van der Waals surface area contributed by atoms with Gasteiger partial charge in [-0.3, -0.25) is 0 Å². The van der Waals surface area contributed by atoms with Crippen molar-refractivity contribution in [2.75, 3.05) is 12.4 Å². The van der Waals surface area contributed by atoms with Gasteiger partial charge in [0.05, 0.1) is 18.3 Å². The number of carbonyl (C=O) groups excluding carboxylic acids is 1. The maximum absolute atomic E-state index is 11.6. The van der Waals surface area contributed by atoms with E-state index in [9.17, 15) is 9.90 Å². The smallest absolute Gasteiger partial charge is 0.336 e. The minimum atomic E-state index is -0.911. The third-order valence-corrected chi connectivity index (χ3v) is 5.41. The molecule has 0 aromatic carbocycles. The first kappa shape index (κ1) is 26.5. The topological polar surface area (TPSA) is 46.5 Å².